The van der Waals surface area contributed by atoms with Gasteiger partial charge in [-0.15, -0.1) is 11.3 Å². The van der Waals surface area contributed by atoms with Crippen molar-refractivity contribution >= 4 is 11.3 Å². The largest absolute Gasteiger partial charge is 0.497 e. The maximum absolute atomic E-state index is 13.8. The number of methoxy groups -OCH3 is 1. The number of nitrogens with zero attached hydrogens (tertiary/aromatic N) is 5. The molecule has 1 fully saturated rings. The Balaban J connectivity index is 1.53. The van der Waals surface area contributed by atoms with Crippen molar-refractivity contribution in [1.82, 2.24) is 24.3 Å². The molecule has 0 atom stereocenters. The Morgan fingerprint density at radius 3 is 2.51 bits per heavy atom. The summed E-state index contributed by atoms with van der Waals surface area (Å²) in [5.74, 6) is 0.837. The molecule has 37 heavy (non-hydrogen) atoms. The Labute approximate surface area is 222 Å². The molecule has 7 nitrogen and oxygen atoms in total. The lowest BCUT2D eigenvalue weighted by molar-refractivity contribution is 0.148. The van der Waals surface area contributed by atoms with Crippen LogP contribution in [0, 0.1) is 0 Å². The minimum absolute atomic E-state index is 0.0217. The van der Waals surface area contributed by atoms with Gasteiger partial charge in [-0.2, -0.15) is 0 Å². The van der Waals surface area contributed by atoms with Crippen LogP contribution < -0.4 is 10.3 Å². The summed E-state index contributed by atoms with van der Waals surface area (Å²) in [6.45, 7) is 7.60. The summed E-state index contributed by atoms with van der Waals surface area (Å²) in [5, 5.41) is 2.87. The molecule has 0 spiro atoms. The van der Waals surface area contributed by atoms with Gasteiger partial charge < -0.3 is 14.2 Å². The number of rotatable bonds is 8. The van der Waals surface area contributed by atoms with Crippen LogP contribution in [-0.2, 0) is 19.5 Å². The zero-order valence-electron chi connectivity index (χ0n) is 21.7. The highest BCUT2D eigenvalue weighted by atomic mass is 32.1. The van der Waals surface area contributed by atoms with Crippen LogP contribution >= 0.6 is 11.3 Å². The van der Waals surface area contributed by atoms with Gasteiger partial charge >= 0.3 is 0 Å². The van der Waals surface area contributed by atoms with E-state index in [0.717, 1.165) is 72.3 Å². The quantitative estimate of drug-likeness (QED) is 0.347. The van der Waals surface area contributed by atoms with Crippen molar-refractivity contribution in [3.63, 3.8) is 0 Å². The third-order valence-electron chi connectivity index (χ3n) is 6.99. The van der Waals surface area contributed by atoms with Crippen LogP contribution in [0.3, 0.4) is 0 Å². The van der Waals surface area contributed by atoms with Crippen LogP contribution in [0.2, 0.25) is 0 Å². The smallest absolute Gasteiger partial charge is 0.260 e. The fourth-order valence-corrected chi connectivity index (χ4v) is 5.60. The van der Waals surface area contributed by atoms with Crippen LogP contribution in [0.15, 0.2) is 65.2 Å². The molecule has 0 N–H and O–H groups in total. The fourth-order valence-electron chi connectivity index (χ4n) is 4.77. The number of hydrogen-bond acceptors (Lipinski definition) is 7. The average molecular weight is 516 g/mol. The number of pyridine rings is 2. The van der Waals surface area contributed by atoms with E-state index >= 15 is 0 Å². The van der Waals surface area contributed by atoms with Crippen LogP contribution in [-0.4, -0.2) is 64.7 Å². The second-order valence-electron chi connectivity index (χ2n) is 9.54. The van der Waals surface area contributed by atoms with E-state index in [1.165, 1.54) is 5.56 Å². The Bertz CT molecular complexity index is 1410. The van der Waals surface area contributed by atoms with Crippen molar-refractivity contribution in [1.29, 1.82) is 0 Å². The first-order chi connectivity index (χ1) is 18.0. The predicted octanol–water partition coefficient (Wildman–Crippen LogP) is 4.40. The number of ether oxygens (including phenoxy) is 1. The molecule has 0 radical (unpaired) electrons. The molecule has 0 unspecified atom stereocenters. The van der Waals surface area contributed by atoms with Crippen LogP contribution in [0.5, 0.6) is 5.75 Å². The van der Waals surface area contributed by atoms with Gasteiger partial charge in [0.2, 0.25) is 0 Å². The van der Waals surface area contributed by atoms with Crippen molar-refractivity contribution in [3.05, 3.63) is 87.4 Å². The monoisotopic (exact) mass is 515 g/mol. The summed E-state index contributed by atoms with van der Waals surface area (Å²) >= 11 is 1.55. The normalized spacial score (nSPS) is 14.7. The van der Waals surface area contributed by atoms with Gasteiger partial charge in [0.1, 0.15) is 10.8 Å². The number of aryl methyl sites for hydroxylation is 1. The molecule has 1 aliphatic rings. The molecule has 4 heterocycles. The van der Waals surface area contributed by atoms with Crippen molar-refractivity contribution < 1.29 is 4.74 Å². The Morgan fingerprint density at radius 1 is 1.00 bits per heavy atom. The highest BCUT2D eigenvalue weighted by Gasteiger charge is 2.18. The molecule has 1 aromatic carbocycles. The first-order valence-corrected chi connectivity index (χ1v) is 13.6. The summed E-state index contributed by atoms with van der Waals surface area (Å²) in [4.78, 5) is 27.6. The van der Waals surface area contributed by atoms with Gasteiger partial charge in [-0.1, -0.05) is 13.0 Å². The predicted molar refractivity (Wildman–Crippen MR) is 149 cm³/mol. The standard InChI is InChI=1S/C29H33N5O2S/c1-4-22-16-25(36-3)6-5-24(22)19-34-18-21(17-33-13-11-32(2)12-14-33)15-26(29(34)35)27-20-37-28(31-27)23-7-9-30-10-8-23/h5-10,15-16,18,20H,4,11-14,17,19H2,1-3H3. The topological polar surface area (TPSA) is 63.5 Å². The lowest BCUT2D eigenvalue weighted by Crippen LogP contribution is -2.44. The first kappa shape index (κ1) is 25.3. The molecule has 0 bridgehead atoms. The van der Waals surface area contributed by atoms with Gasteiger partial charge in [0.25, 0.3) is 5.56 Å². The first-order valence-electron chi connectivity index (χ1n) is 12.7. The molecule has 1 aliphatic heterocycles. The fraction of sp³-hybridized carbons (Fsp3) is 0.345. The van der Waals surface area contributed by atoms with Crippen LogP contribution in [0.4, 0.5) is 0 Å². The number of likely N-dealkylation sites (N-methyl/N-ethyl adjacent to an activating group) is 1. The SMILES string of the molecule is CCc1cc(OC)ccc1Cn1cc(CN2CCN(C)CC2)cc(-c2csc(-c3ccncc3)n2)c1=O. The number of benzene rings is 1. The molecule has 3 aromatic heterocycles. The Kier molecular flexibility index (Phi) is 7.79. The minimum atomic E-state index is -0.0217. The van der Waals surface area contributed by atoms with Gasteiger partial charge in [-0.25, -0.2) is 4.98 Å². The highest BCUT2D eigenvalue weighted by molar-refractivity contribution is 7.13. The number of piperazine rings is 1. The number of thiazole rings is 1. The molecular formula is C29H33N5O2S. The van der Waals surface area contributed by atoms with E-state index in [0.29, 0.717) is 12.1 Å². The summed E-state index contributed by atoms with van der Waals surface area (Å²) in [6, 6.07) is 12.0. The Morgan fingerprint density at radius 2 is 1.78 bits per heavy atom. The van der Waals surface area contributed by atoms with Crippen molar-refractivity contribution in [3.8, 4) is 27.6 Å². The average Bonchev–Trinajstić information content (AvgIpc) is 3.42. The van der Waals surface area contributed by atoms with E-state index in [1.54, 1.807) is 30.8 Å². The van der Waals surface area contributed by atoms with Gasteiger partial charge in [0, 0.05) is 62.3 Å². The van der Waals surface area contributed by atoms with E-state index < -0.39 is 0 Å². The molecule has 5 rings (SSSR count). The second kappa shape index (κ2) is 11.4. The third-order valence-corrected chi connectivity index (χ3v) is 7.88. The zero-order chi connectivity index (χ0) is 25.8. The van der Waals surface area contributed by atoms with E-state index in [1.807, 2.05) is 40.4 Å². The molecule has 4 aromatic rings. The van der Waals surface area contributed by atoms with Crippen LogP contribution in [0.1, 0.15) is 23.6 Å². The van der Waals surface area contributed by atoms with Crippen molar-refractivity contribution in [2.45, 2.75) is 26.4 Å². The summed E-state index contributed by atoms with van der Waals surface area (Å²) < 4.78 is 7.28. The maximum atomic E-state index is 13.8. The van der Waals surface area contributed by atoms with Gasteiger partial charge in [0.05, 0.1) is 24.9 Å². The molecule has 0 amide bonds. The number of hydrogen-bond donors (Lipinski definition) is 0. The summed E-state index contributed by atoms with van der Waals surface area (Å²) in [6.07, 6.45) is 6.43. The molecule has 192 valence electrons. The van der Waals surface area contributed by atoms with E-state index in [9.17, 15) is 4.79 Å². The Hall–Kier alpha value is -3.33. The zero-order valence-corrected chi connectivity index (χ0v) is 22.5. The van der Waals surface area contributed by atoms with Gasteiger partial charge in [-0.05, 0) is 60.5 Å². The van der Waals surface area contributed by atoms with Crippen LogP contribution in [0.25, 0.3) is 21.8 Å². The number of aromatic nitrogens is 3. The lowest BCUT2D eigenvalue weighted by atomic mass is 10.0. The maximum Gasteiger partial charge on any atom is 0.260 e. The summed E-state index contributed by atoms with van der Waals surface area (Å²) in [7, 11) is 3.85. The minimum Gasteiger partial charge on any atom is -0.497 e. The van der Waals surface area contributed by atoms with E-state index in [2.05, 4.69) is 40.9 Å². The lowest BCUT2D eigenvalue weighted by Gasteiger charge is -2.32. The van der Waals surface area contributed by atoms with Gasteiger partial charge in [-0.3, -0.25) is 14.7 Å². The van der Waals surface area contributed by atoms with Crippen molar-refractivity contribution in [2.24, 2.45) is 0 Å². The highest BCUT2D eigenvalue weighted by Crippen LogP contribution is 2.28. The second-order valence-corrected chi connectivity index (χ2v) is 10.4. The molecule has 0 saturated carbocycles. The van der Waals surface area contributed by atoms with Gasteiger partial charge in [0.15, 0.2) is 0 Å². The molecule has 8 heteroatoms. The third kappa shape index (κ3) is 5.82. The molecule has 0 aliphatic carbocycles. The van der Waals surface area contributed by atoms with Crippen molar-refractivity contribution in [2.75, 3.05) is 40.3 Å². The summed E-state index contributed by atoms with van der Waals surface area (Å²) in [5.41, 5.74) is 5.80. The molecular weight excluding hydrogens is 482 g/mol. The van der Waals surface area contributed by atoms with E-state index in [4.69, 9.17) is 9.72 Å². The molecule has 1 saturated heterocycles. The van der Waals surface area contributed by atoms with E-state index in [-0.39, 0.29) is 5.56 Å².